The number of carbonyl (C=O) groups excluding carboxylic acids is 2. The summed E-state index contributed by atoms with van der Waals surface area (Å²) in [6.07, 6.45) is 13.8. The smallest absolute Gasteiger partial charge is 0.305 e. The van der Waals surface area contributed by atoms with Gasteiger partial charge >= 0.3 is 5.97 Å². The van der Waals surface area contributed by atoms with Crippen molar-refractivity contribution in [2.24, 2.45) is 40.4 Å². The molecule has 0 N–H and O–H groups in total. The van der Waals surface area contributed by atoms with Crippen molar-refractivity contribution >= 4 is 11.8 Å². The molecule has 0 aromatic rings. The van der Waals surface area contributed by atoms with E-state index in [1.54, 1.807) is 0 Å². The molecular formula is C24H38O3. The molecule has 4 aliphatic carbocycles. The summed E-state index contributed by atoms with van der Waals surface area (Å²) in [5, 5.41) is 0. The molecule has 0 radical (unpaired) electrons. The van der Waals surface area contributed by atoms with E-state index in [-0.39, 0.29) is 5.97 Å². The zero-order valence-electron chi connectivity index (χ0n) is 17.6. The van der Waals surface area contributed by atoms with E-state index in [4.69, 9.17) is 4.74 Å². The van der Waals surface area contributed by atoms with Crippen molar-refractivity contribution < 1.29 is 14.3 Å². The molecule has 0 bridgehead atoms. The fourth-order valence-electron chi connectivity index (χ4n) is 8.14. The number of ketones is 1. The SMILES string of the molecule is COC(=O)CCCC1CCC2C3C(=O)CC4CCCCC4(C)C3CCC12C. The van der Waals surface area contributed by atoms with Crippen molar-refractivity contribution in [2.45, 2.75) is 90.9 Å². The van der Waals surface area contributed by atoms with Crippen LogP contribution in [0.15, 0.2) is 0 Å². The molecule has 0 heterocycles. The van der Waals surface area contributed by atoms with E-state index in [2.05, 4.69) is 13.8 Å². The maximum Gasteiger partial charge on any atom is 0.305 e. The Hall–Kier alpha value is -0.860. The van der Waals surface area contributed by atoms with Crippen LogP contribution in [0.2, 0.25) is 0 Å². The number of fused-ring (bicyclic) bond motifs is 5. The van der Waals surface area contributed by atoms with Crippen LogP contribution >= 0.6 is 0 Å². The number of esters is 1. The highest BCUT2D eigenvalue weighted by molar-refractivity contribution is 5.83. The Labute approximate surface area is 165 Å². The van der Waals surface area contributed by atoms with Crippen LogP contribution in [0.1, 0.15) is 90.9 Å². The minimum absolute atomic E-state index is 0.0860. The highest BCUT2D eigenvalue weighted by atomic mass is 16.5. The highest BCUT2D eigenvalue weighted by Gasteiger charge is 2.61. The Kier molecular flexibility index (Phi) is 5.18. The minimum Gasteiger partial charge on any atom is -0.469 e. The second-order valence-electron chi connectivity index (χ2n) is 10.6. The lowest BCUT2D eigenvalue weighted by atomic mass is 9.44. The van der Waals surface area contributed by atoms with E-state index in [0.717, 1.165) is 19.3 Å². The summed E-state index contributed by atoms with van der Waals surface area (Å²) in [6, 6.07) is 0. The molecule has 4 aliphatic rings. The molecule has 0 spiro atoms. The average Bonchev–Trinajstić information content (AvgIpc) is 2.98. The largest absolute Gasteiger partial charge is 0.469 e. The van der Waals surface area contributed by atoms with Crippen LogP contribution in [0, 0.1) is 40.4 Å². The predicted octanol–water partition coefficient (Wildman–Crippen LogP) is 5.56. The van der Waals surface area contributed by atoms with Crippen LogP contribution in [0.5, 0.6) is 0 Å². The van der Waals surface area contributed by atoms with Gasteiger partial charge in [-0.1, -0.05) is 26.7 Å². The summed E-state index contributed by atoms with van der Waals surface area (Å²) < 4.78 is 4.81. The average molecular weight is 375 g/mol. The van der Waals surface area contributed by atoms with E-state index >= 15 is 0 Å². The van der Waals surface area contributed by atoms with Crippen LogP contribution in [-0.4, -0.2) is 18.9 Å². The van der Waals surface area contributed by atoms with Gasteiger partial charge in [-0.25, -0.2) is 0 Å². The molecule has 4 saturated carbocycles. The Morgan fingerprint density at radius 1 is 1.04 bits per heavy atom. The van der Waals surface area contributed by atoms with Crippen LogP contribution in [-0.2, 0) is 14.3 Å². The molecule has 0 amide bonds. The summed E-state index contributed by atoms with van der Waals surface area (Å²) >= 11 is 0. The number of hydrogen-bond donors (Lipinski definition) is 0. The molecular weight excluding hydrogens is 336 g/mol. The molecule has 4 fully saturated rings. The van der Waals surface area contributed by atoms with Gasteiger partial charge in [0.15, 0.2) is 0 Å². The van der Waals surface area contributed by atoms with E-state index in [9.17, 15) is 9.59 Å². The van der Waals surface area contributed by atoms with Gasteiger partial charge in [0.05, 0.1) is 7.11 Å². The van der Waals surface area contributed by atoms with Crippen LogP contribution in [0.25, 0.3) is 0 Å². The minimum atomic E-state index is -0.0860. The maximum atomic E-state index is 13.3. The molecule has 3 heteroatoms. The van der Waals surface area contributed by atoms with E-state index < -0.39 is 0 Å². The van der Waals surface area contributed by atoms with Gasteiger partial charge in [0, 0.05) is 18.8 Å². The number of carbonyl (C=O) groups is 2. The van der Waals surface area contributed by atoms with E-state index in [1.165, 1.54) is 58.5 Å². The normalized spacial score (nSPS) is 46.3. The van der Waals surface area contributed by atoms with Gasteiger partial charge in [-0.2, -0.15) is 0 Å². The molecule has 7 unspecified atom stereocenters. The molecule has 0 aromatic carbocycles. The Morgan fingerprint density at radius 2 is 1.81 bits per heavy atom. The summed E-state index contributed by atoms with van der Waals surface area (Å²) in [6.45, 7) is 5.01. The summed E-state index contributed by atoms with van der Waals surface area (Å²) in [4.78, 5) is 24.8. The molecule has 27 heavy (non-hydrogen) atoms. The topological polar surface area (TPSA) is 43.4 Å². The molecule has 3 nitrogen and oxygen atoms in total. The third kappa shape index (κ3) is 3.08. The van der Waals surface area contributed by atoms with Gasteiger partial charge in [0.2, 0.25) is 0 Å². The third-order valence-electron chi connectivity index (χ3n) is 9.75. The van der Waals surface area contributed by atoms with Crippen molar-refractivity contribution in [1.29, 1.82) is 0 Å². The zero-order chi connectivity index (χ0) is 19.2. The number of rotatable bonds is 4. The van der Waals surface area contributed by atoms with Crippen LogP contribution < -0.4 is 0 Å². The Morgan fingerprint density at radius 3 is 2.59 bits per heavy atom. The first kappa shape index (κ1) is 19.5. The molecule has 7 atom stereocenters. The third-order valence-corrected chi connectivity index (χ3v) is 9.75. The van der Waals surface area contributed by atoms with E-state index in [1.807, 2.05) is 0 Å². The molecule has 0 saturated heterocycles. The second-order valence-corrected chi connectivity index (χ2v) is 10.6. The molecule has 0 aromatic heterocycles. The van der Waals surface area contributed by atoms with Crippen molar-refractivity contribution in [2.75, 3.05) is 7.11 Å². The molecule has 4 rings (SSSR count). The van der Waals surface area contributed by atoms with Crippen LogP contribution in [0.4, 0.5) is 0 Å². The Bertz CT molecular complexity index is 598. The van der Waals surface area contributed by atoms with Gasteiger partial charge in [-0.05, 0) is 85.9 Å². The lowest BCUT2D eigenvalue weighted by Crippen LogP contribution is -2.56. The predicted molar refractivity (Wildman–Crippen MR) is 106 cm³/mol. The molecule has 152 valence electrons. The second kappa shape index (κ2) is 7.19. The van der Waals surface area contributed by atoms with Gasteiger partial charge in [-0.3, -0.25) is 9.59 Å². The van der Waals surface area contributed by atoms with Crippen LogP contribution in [0.3, 0.4) is 0 Å². The highest BCUT2D eigenvalue weighted by Crippen LogP contribution is 2.67. The van der Waals surface area contributed by atoms with Crippen molar-refractivity contribution in [3.05, 3.63) is 0 Å². The number of ether oxygens (including phenoxy) is 1. The lowest BCUT2D eigenvalue weighted by molar-refractivity contribution is -0.155. The molecule has 0 aliphatic heterocycles. The van der Waals surface area contributed by atoms with Gasteiger partial charge < -0.3 is 4.74 Å². The first-order chi connectivity index (χ1) is 12.9. The quantitative estimate of drug-likeness (QED) is 0.605. The summed E-state index contributed by atoms with van der Waals surface area (Å²) in [7, 11) is 1.48. The van der Waals surface area contributed by atoms with Crippen molar-refractivity contribution in [3.63, 3.8) is 0 Å². The van der Waals surface area contributed by atoms with Gasteiger partial charge in [0.25, 0.3) is 0 Å². The maximum absolute atomic E-state index is 13.3. The summed E-state index contributed by atoms with van der Waals surface area (Å²) in [5.74, 6) is 3.41. The fourth-order valence-corrected chi connectivity index (χ4v) is 8.14. The standard InChI is InChI=1S/C24H38O3/c1-23-13-5-4-7-17(23)15-20(25)22-18-11-10-16(8-6-9-21(26)27-3)24(18,2)14-12-19(22)23/h16-19,22H,4-15H2,1-3H3. The summed E-state index contributed by atoms with van der Waals surface area (Å²) in [5.41, 5.74) is 0.728. The Balaban J connectivity index is 1.50. The zero-order valence-corrected chi connectivity index (χ0v) is 17.6. The van der Waals surface area contributed by atoms with E-state index in [0.29, 0.717) is 52.6 Å². The fraction of sp³-hybridized carbons (Fsp3) is 0.917. The first-order valence-corrected chi connectivity index (χ1v) is 11.5. The van der Waals surface area contributed by atoms with Gasteiger partial charge in [-0.15, -0.1) is 0 Å². The van der Waals surface area contributed by atoms with Crippen molar-refractivity contribution in [1.82, 2.24) is 0 Å². The lowest BCUT2D eigenvalue weighted by Gasteiger charge is -2.59. The number of Topliss-reactive ketones (excluding diaryl/α,β-unsaturated/α-hetero) is 1. The first-order valence-electron chi connectivity index (χ1n) is 11.5. The monoisotopic (exact) mass is 374 g/mol. The van der Waals surface area contributed by atoms with Crippen molar-refractivity contribution in [3.8, 4) is 0 Å². The number of hydrogen-bond acceptors (Lipinski definition) is 3. The number of methoxy groups -OCH3 is 1. The van der Waals surface area contributed by atoms with Gasteiger partial charge in [0.1, 0.15) is 5.78 Å².